The van der Waals surface area contributed by atoms with Gasteiger partial charge in [0.15, 0.2) is 0 Å². The number of halogens is 3. The van der Waals surface area contributed by atoms with Crippen LogP contribution >= 0.6 is 0 Å². The smallest absolute Gasteiger partial charge is 0.419 e. The van der Waals surface area contributed by atoms with Gasteiger partial charge in [0.2, 0.25) is 0 Å². The number of hydrogen-bond donors (Lipinski definition) is 2. The highest BCUT2D eigenvalue weighted by molar-refractivity contribution is 6.07. The number of ether oxygens (including phenoxy) is 2. The predicted octanol–water partition coefficient (Wildman–Crippen LogP) is 5.18. The third-order valence-corrected chi connectivity index (χ3v) is 4.41. The second-order valence-electron chi connectivity index (χ2n) is 6.69. The molecule has 0 unspecified atom stereocenters. The number of aryl methyl sites for hydroxylation is 1. The van der Waals surface area contributed by atoms with E-state index in [1.54, 1.807) is 13.0 Å². The van der Waals surface area contributed by atoms with E-state index < -0.39 is 17.6 Å². The molecule has 0 aliphatic heterocycles. The minimum absolute atomic E-state index is 0.0684. The first kappa shape index (κ1) is 22.1. The Morgan fingerprint density at radius 3 is 2.45 bits per heavy atom. The number of amides is 1. The molecule has 0 saturated carbocycles. The second-order valence-corrected chi connectivity index (χ2v) is 6.69. The zero-order valence-corrected chi connectivity index (χ0v) is 16.8. The lowest BCUT2D eigenvalue weighted by atomic mass is 10.1. The topological polar surface area (TPSA) is 86.5 Å². The highest BCUT2D eigenvalue weighted by atomic mass is 19.4. The molecule has 1 amide bonds. The van der Waals surface area contributed by atoms with Crippen LogP contribution in [0, 0.1) is 6.92 Å². The van der Waals surface area contributed by atoms with Crippen LogP contribution in [0.15, 0.2) is 54.6 Å². The summed E-state index contributed by atoms with van der Waals surface area (Å²) >= 11 is 0. The average Bonchev–Trinajstić information content (AvgIpc) is 2.71. The summed E-state index contributed by atoms with van der Waals surface area (Å²) in [5.74, 6) is -0.514. The second kappa shape index (κ2) is 9.05. The van der Waals surface area contributed by atoms with Crippen molar-refractivity contribution < 1.29 is 27.4 Å². The van der Waals surface area contributed by atoms with Crippen LogP contribution < -0.4 is 15.8 Å². The van der Waals surface area contributed by atoms with E-state index in [0.717, 1.165) is 11.6 Å². The fourth-order valence-electron chi connectivity index (χ4n) is 2.85. The Hall–Kier alpha value is -3.59. The van der Waals surface area contributed by atoms with Crippen molar-refractivity contribution in [2.24, 2.45) is 0 Å². The lowest BCUT2D eigenvalue weighted by molar-refractivity contribution is -0.138. The Kier molecular flexibility index (Phi) is 6.45. The highest BCUT2D eigenvalue weighted by Crippen LogP contribution is 2.38. The normalized spacial score (nSPS) is 11.3. The monoisotopic (exact) mass is 431 g/mol. The van der Waals surface area contributed by atoms with Gasteiger partial charge in [-0.05, 0) is 55.0 Å². The van der Waals surface area contributed by atoms with Gasteiger partial charge in [-0.15, -0.1) is 0 Å². The molecular weight excluding hydrogens is 411 g/mol. The third kappa shape index (κ3) is 5.32. The van der Waals surface area contributed by atoms with Gasteiger partial charge < -0.3 is 20.5 Å². The summed E-state index contributed by atoms with van der Waals surface area (Å²) in [6.07, 6.45) is -4.53. The van der Waals surface area contributed by atoms with E-state index in [9.17, 15) is 18.0 Å². The number of methoxy groups -OCH3 is 1. The molecule has 3 N–H and O–H groups in total. The molecule has 0 spiro atoms. The Bertz CT molecular complexity index is 1080. The van der Waals surface area contributed by atoms with Gasteiger partial charge in [-0.2, -0.15) is 13.2 Å². The van der Waals surface area contributed by atoms with Crippen LogP contribution in [0.3, 0.4) is 0 Å². The van der Waals surface area contributed by atoms with Crippen LogP contribution in [0.1, 0.15) is 27.2 Å². The molecule has 0 atom stereocenters. The molecule has 0 aliphatic rings. The third-order valence-electron chi connectivity index (χ3n) is 4.41. The molecule has 0 aliphatic carbocycles. The van der Waals surface area contributed by atoms with Crippen LogP contribution in [-0.4, -0.2) is 18.0 Å². The van der Waals surface area contributed by atoms with Gasteiger partial charge in [0, 0.05) is 12.8 Å². The molecular formula is C22H20F3N3O3. The maximum atomic E-state index is 13.1. The van der Waals surface area contributed by atoms with Crippen LogP contribution in [-0.2, 0) is 17.5 Å². The van der Waals surface area contributed by atoms with Gasteiger partial charge in [0.05, 0.1) is 23.4 Å². The number of carbonyl (C=O) groups is 1. The molecule has 6 nitrogen and oxygen atoms in total. The van der Waals surface area contributed by atoms with E-state index in [1.165, 1.54) is 49.6 Å². The highest BCUT2D eigenvalue weighted by Gasteiger charge is 2.34. The molecule has 0 fully saturated rings. The van der Waals surface area contributed by atoms with Crippen molar-refractivity contribution in [2.75, 3.05) is 18.2 Å². The van der Waals surface area contributed by atoms with E-state index in [2.05, 4.69) is 10.3 Å². The molecule has 1 aromatic heterocycles. The SMILES string of the molecule is COCc1nc(N)c(C(=O)Nc2ccc(Oc3ccccc3C(F)(F)F)cc2)cc1C. The molecule has 0 radical (unpaired) electrons. The van der Waals surface area contributed by atoms with Crippen molar-refractivity contribution in [3.05, 3.63) is 77.0 Å². The average molecular weight is 431 g/mol. The van der Waals surface area contributed by atoms with Gasteiger partial charge in [-0.3, -0.25) is 4.79 Å². The van der Waals surface area contributed by atoms with Gasteiger partial charge in [-0.1, -0.05) is 12.1 Å². The summed E-state index contributed by atoms with van der Waals surface area (Å²) in [6.45, 7) is 2.07. The summed E-state index contributed by atoms with van der Waals surface area (Å²) < 4.78 is 49.7. The number of anilines is 2. The van der Waals surface area contributed by atoms with E-state index >= 15 is 0 Å². The van der Waals surface area contributed by atoms with Gasteiger partial charge in [-0.25, -0.2) is 4.98 Å². The molecule has 9 heteroatoms. The van der Waals surface area contributed by atoms with Gasteiger partial charge >= 0.3 is 6.18 Å². The first-order valence-electron chi connectivity index (χ1n) is 9.19. The number of para-hydroxylation sites is 1. The number of hydrogen-bond acceptors (Lipinski definition) is 5. The predicted molar refractivity (Wildman–Crippen MR) is 110 cm³/mol. The fraction of sp³-hybridized carbons (Fsp3) is 0.182. The Labute approximate surface area is 176 Å². The van der Waals surface area contributed by atoms with Crippen molar-refractivity contribution in [3.8, 4) is 11.5 Å². The van der Waals surface area contributed by atoms with Crippen LogP contribution in [0.4, 0.5) is 24.7 Å². The van der Waals surface area contributed by atoms with E-state index in [-0.39, 0.29) is 29.5 Å². The lowest BCUT2D eigenvalue weighted by Crippen LogP contribution is -2.16. The van der Waals surface area contributed by atoms with Gasteiger partial charge in [0.25, 0.3) is 5.91 Å². The van der Waals surface area contributed by atoms with Crippen molar-refractivity contribution in [2.45, 2.75) is 19.7 Å². The zero-order valence-electron chi connectivity index (χ0n) is 16.8. The van der Waals surface area contributed by atoms with Gasteiger partial charge in [0.1, 0.15) is 17.3 Å². The number of benzene rings is 2. The molecule has 31 heavy (non-hydrogen) atoms. The quantitative estimate of drug-likeness (QED) is 0.562. The first-order chi connectivity index (χ1) is 14.7. The minimum atomic E-state index is -4.53. The van der Waals surface area contributed by atoms with Crippen LogP contribution in [0.5, 0.6) is 11.5 Å². The first-order valence-corrected chi connectivity index (χ1v) is 9.19. The minimum Gasteiger partial charge on any atom is -0.457 e. The number of nitrogens with two attached hydrogens (primary N) is 1. The summed E-state index contributed by atoms with van der Waals surface area (Å²) in [6, 6.07) is 12.5. The molecule has 1 heterocycles. The van der Waals surface area contributed by atoms with Crippen molar-refractivity contribution in [3.63, 3.8) is 0 Å². The van der Waals surface area contributed by atoms with Crippen molar-refractivity contribution >= 4 is 17.4 Å². The van der Waals surface area contributed by atoms with E-state index in [4.69, 9.17) is 15.2 Å². The van der Waals surface area contributed by atoms with E-state index in [0.29, 0.717) is 11.4 Å². The summed E-state index contributed by atoms with van der Waals surface area (Å²) in [7, 11) is 1.53. The zero-order chi connectivity index (χ0) is 22.6. The Balaban J connectivity index is 1.73. The Morgan fingerprint density at radius 2 is 1.81 bits per heavy atom. The number of alkyl halides is 3. The number of carbonyl (C=O) groups excluding carboxylic acids is 1. The molecule has 162 valence electrons. The number of pyridine rings is 1. The number of nitrogen functional groups attached to an aromatic ring is 1. The van der Waals surface area contributed by atoms with Crippen LogP contribution in [0.25, 0.3) is 0 Å². The van der Waals surface area contributed by atoms with Crippen molar-refractivity contribution in [1.82, 2.24) is 4.98 Å². The molecule has 2 aromatic carbocycles. The van der Waals surface area contributed by atoms with E-state index in [1.807, 2.05) is 0 Å². The lowest BCUT2D eigenvalue weighted by Gasteiger charge is -2.14. The number of aromatic nitrogens is 1. The maximum Gasteiger partial charge on any atom is 0.419 e. The summed E-state index contributed by atoms with van der Waals surface area (Å²) in [5, 5.41) is 2.68. The Morgan fingerprint density at radius 1 is 1.13 bits per heavy atom. The fourth-order valence-corrected chi connectivity index (χ4v) is 2.85. The van der Waals surface area contributed by atoms with Crippen molar-refractivity contribution in [1.29, 1.82) is 0 Å². The molecule has 0 saturated heterocycles. The largest absolute Gasteiger partial charge is 0.457 e. The molecule has 3 rings (SSSR count). The standard InChI is InChI=1S/C22H20F3N3O3/c1-13-11-16(20(26)28-18(13)12-30-2)21(29)27-14-7-9-15(10-8-14)31-19-6-4-3-5-17(19)22(23,24)25/h3-11H,12H2,1-2H3,(H2,26,28)(H,27,29). The molecule has 3 aromatic rings. The molecule has 0 bridgehead atoms. The van der Waals surface area contributed by atoms with Crippen LogP contribution in [0.2, 0.25) is 0 Å². The maximum absolute atomic E-state index is 13.1. The summed E-state index contributed by atoms with van der Waals surface area (Å²) in [5.41, 5.74) is 7.04. The summed E-state index contributed by atoms with van der Waals surface area (Å²) in [4.78, 5) is 16.8. The number of nitrogens with one attached hydrogen (secondary N) is 1. The number of rotatable bonds is 6. The number of nitrogens with zero attached hydrogens (tertiary/aromatic N) is 1.